The molecule has 27 heavy (non-hydrogen) atoms. The van der Waals surface area contributed by atoms with Crippen molar-refractivity contribution >= 4 is 11.0 Å². The van der Waals surface area contributed by atoms with E-state index < -0.39 is 29.9 Å². The number of nitrogens with one attached hydrogen (secondary N) is 1. The lowest BCUT2D eigenvalue weighted by Gasteiger charge is -2.15. The highest BCUT2D eigenvalue weighted by Gasteiger charge is 2.30. The quantitative estimate of drug-likeness (QED) is 0.708. The second kappa shape index (κ2) is 7.03. The van der Waals surface area contributed by atoms with Crippen molar-refractivity contribution in [3.05, 3.63) is 51.4 Å². The van der Waals surface area contributed by atoms with Gasteiger partial charge in [0, 0.05) is 0 Å². The molecule has 10 heteroatoms. The maximum Gasteiger partial charge on any atom is 0.416 e. The molecule has 0 radical (unpaired) electrons. The van der Waals surface area contributed by atoms with Crippen LogP contribution in [0.5, 0.6) is 6.01 Å². The molecule has 1 atom stereocenters. The fourth-order valence-corrected chi connectivity index (χ4v) is 2.77. The predicted octanol–water partition coefficient (Wildman–Crippen LogP) is 2.64. The zero-order chi connectivity index (χ0) is 19.8. The summed E-state index contributed by atoms with van der Waals surface area (Å²) in [6.07, 6.45) is -4.43. The van der Waals surface area contributed by atoms with E-state index in [1.54, 1.807) is 13.8 Å². The Morgan fingerprint density at radius 2 is 1.96 bits per heavy atom. The number of nitrogens with zero attached hydrogens (tertiary/aromatic N) is 3. The maximum absolute atomic E-state index is 12.8. The summed E-state index contributed by atoms with van der Waals surface area (Å²) in [4.78, 5) is 19.0. The van der Waals surface area contributed by atoms with Gasteiger partial charge in [-0.3, -0.25) is 9.78 Å². The topological polar surface area (TPSA) is 93.0 Å². The summed E-state index contributed by atoms with van der Waals surface area (Å²) in [5.41, 5.74) is -0.428. The van der Waals surface area contributed by atoms with Crippen LogP contribution in [0.1, 0.15) is 36.7 Å². The number of hydrogen-bond acceptors (Lipinski definition) is 5. The molecular formula is C17H17F3N4O3. The SMILES string of the molecule is CCOc1nc2c(c(CO)nn2C(C)c2ccc(C(F)(F)F)cc2)c(=O)[nH]1. The number of H-pyrrole nitrogens is 1. The van der Waals surface area contributed by atoms with Gasteiger partial charge < -0.3 is 9.84 Å². The highest BCUT2D eigenvalue weighted by molar-refractivity contribution is 5.77. The number of halogens is 3. The first-order valence-electron chi connectivity index (χ1n) is 8.18. The lowest BCUT2D eigenvalue weighted by Crippen LogP contribution is -2.14. The van der Waals surface area contributed by atoms with Crippen LogP contribution in [-0.4, -0.2) is 31.5 Å². The highest BCUT2D eigenvalue weighted by atomic mass is 19.4. The normalized spacial score (nSPS) is 13.1. The summed E-state index contributed by atoms with van der Waals surface area (Å²) in [5.74, 6) is 0. The fraction of sp³-hybridized carbons (Fsp3) is 0.353. The average Bonchev–Trinajstić information content (AvgIpc) is 3.00. The van der Waals surface area contributed by atoms with Crippen molar-refractivity contribution in [1.82, 2.24) is 19.7 Å². The van der Waals surface area contributed by atoms with Crippen LogP contribution >= 0.6 is 0 Å². The van der Waals surface area contributed by atoms with E-state index in [1.165, 1.54) is 16.8 Å². The van der Waals surface area contributed by atoms with Crippen molar-refractivity contribution in [3.63, 3.8) is 0 Å². The van der Waals surface area contributed by atoms with Crippen molar-refractivity contribution in [2.75, 3.05) is 6.61 Å². The van der Waals surface area contributed by atoms with Crippen LogP contribution in [0.25, 0.3) is 11.0 Å². The summed E-state index contributed by atoms with van der Waals surface area (Å²) >= 11 is 0. The molecule has 0 fully saturated rings. The molecule has 0 amide bonds. The van der Waals surface area contributed by atoms with Gasteiger partial charge >= 0.3 is 6.18 Å². The van der Waals surface area contributed by atoms with E-state index in [9.17, 15) is 23.1 Å². The molecule has 7 nitrogen and oxygen atoms in total. The molecule has 0 aliphatic heterocycles. The first-order valence-corrected chi connectivity index (χ1v) is 8.18. The molecule has 0 aliphatic carbocycles. The molecule has 0 saturated heterocycles. The van der Waals surface area contributed by atoms with Crippen molar-refractivity contribution in [2.45, 2.75) is 32.7 Å². The van der Waals surface area contributed by atoms with Gasteiger partial charge in [0.15, 0.2) is 5.65 Å². The summed E-state index contributed by atoms with van der Waals surface area (Å²) < 4.78 is 44.9. The van der Waals surface area contributed by atoms with Crippen molar-refractivity contribution in [3.8, 4) is 6.01 Å². The molecule has 3 aromatic rings. The Morgan fingerprint density at radius 3 is 2.52 bits per heavy atom. The van der Waals surface area contributed by atoms with E-state index in [2.05, 4.69) is 15.1 Å². The number of alkyl halides is 3. The number of hydrogen-bond donors (Lipinski definition) is 2. The molecule has 0 saturated carbocycles. The standard InChI is InChI=1S/C17H17F3N4O3/c1-3-27-16-21-14-13(15(26)22-16)12(8-25)23-24(14)9(2)10-4-6-11(7-5-10)17(18,19)20/h4-7,9,25H,3,8H2,1-2H3,(H,21,22,26). The van der Waals surface area contributed by atoms with Crippen LogP contribution < -0.4 is 10.3 Å². The molecule has 0 bridgehead atoms. The molecule has 0 spiro atoms. The lowest BCUT2D eigenvalue weighted by molar-refractivity contribution is -0.137. The van der Waals surface area contributed by atoms with Crippen LogP contribution in [0.15, 0.2) is 29.1 Å². The lowest BCUT2D eigenvalue weighted by atomic mass is 10.1. The van der Waals surface area contributed by atoms with Gasteiger partial charge in [0.05, 0.1) is 24.8 Å². The first kappa shape index (κ1) is 18.9. The van der Waals surface area contributed by atoms with E-state index in [0.717, 1.165) is 12.1 Å². The summed E-state index contributed by atoms with van der Waals surface area (Å²) in [6, 6.07) is 4.12. The molecule has 3 rings (SSSR count). The van der Waals surface area contributed by atoms with E-state index in [4.69, 9.17) is 4.74 Å². The number of aliphatic hydroxyl groups excluding tert-OH is 1. The minimum Gasteiger partial charge on any atom is -0.465 e. The third-order valence-corrected chi connectivity index (χ3v) is 4.13. The molecule has 2 aromatic heterocycles. The first-order chi connectivity index (χ1) is 12.8. The molecule has 1 unspecified atom stereocenters. The summed E-state index contributed by atoms with van der Waals surface area (Å²) in [7, 11) is 0. The van der Waals surface area contributed by atoms with Crippen LogP contribution in [0.4, 0.5) is 13.2 Å². The Labute approximate surface area is 151 Å². The Kier molecular flexibility index (Phi) is 4.92. The minimum atomic E-state index is -4.43. The second-order valence-electron chi connectivity index (χ2n) is 5.85. The Morgan fingerprint density at radius 1 is 1.30 bits per heavy atom. The van der Waals surface area contributed by atoms with E-state index in [0.29, 0.717) is 5.56 Å². The van der Waals surface area contributed by atoms with Crippen LogP contribution in [-0.2, 0) is 12.8 Å². The van der Waals surface area contributed by atoms with Crippen LogP contribution in [0.2, 0.25) is 0 Å². The minimum absolute atomic E-state index is 0.000240. The van der Waals surface area contributed by atoms with Gasteiger partial charge in [-0.05, 0) is 31.5 Å². The second-order valence-corrected chi connectivity index (χ2v) is 5.85. The van der Waals surface area contributed by atoms with Crippen LogP contribution in [0.3, 0.4) is 0 Å². The fourth-order valence-electron chi connectivity index (χ4n) is 2.77. The number of rotatable bonds is 5. The molecule has 2 N–H and O–H groups in total. The number of ether oxygens (including phenoxy) is 1. The molecule has 2 heterocycles. The maximum atomic E-state index is 12.8. The highest BCUT2D eigenvalue weighted by Crippen LogP contribution is 2.31. The third kappa shape index (κ3) is 3.52. The molecular weight excluding hydrogens is 365 g/mol. The average molecular weight is 382 g/mol. The van der Waals surface area contributed by atoms with Gasteiger partial charge in [-0.2, -0.15) is 23.3 Å². The van der Waals surface area contributed by atoms with Gasteiger partial charge in [0.25, 0.3) is 11.6 Å². The van der Waals surface area contributed by atoms with Crippen molar-refractivity contribution in [2.24, 2.45) is 0 Å². The van der Waals surface area contributed by atoms with Gasteiger partial charge in [0.2, 0.25) is 0 Å². The number of benzene rings is 1. The van der Waals surface area contributed by atoms with Gasteiger partial charge in [-0.15, -0.1) is 0 Å². The van der Waals surface area contributed by atoms with Gasteiger partial charge in [-0.25, -0.2) is 4.68 Å². The number of fused-ring (bicyclic) bond motifs is 1. The Bertz CT molecular complexity index is 1010. The Balaban J connectivity index is 2.11. The third-order valence-electron chi connectivity index (χ3n) is 4.13. The smallest absolute Gasteiger partial charge is 0.416 e. The van der Waals surface area contributed by atoms with Crippen molar-refractivity contribution in [1.29, 1.82) is 0 Å². The van der Waals surface area contributed by atoms with E-state index >= 15 is 0 Å². The molecule has 1 aromatic carbocycles. The van der Waals surface area contributed by atoms with E-state index in [-0.39, 0.29) is 29.3 Å². The molecule has 0 aliphatic rings. The Hall–Kier alpha value is -2.88. The van der Waals surface area contributed by atoms with Crippen LogP contribution in [0, 0.1) is 0 Å². The van der Waals surface area contributed by atoms with Crippen molar-refractivity contribution < 1.29 is 23.0 Å². The zero-order valence-corrected chi connectivity index (χ0v) is 14.5. The molecule has 144 valence electrons. The zero-order valence-electron chi connectivity index (χ0n) is 14.5. The number of aliphatic hydroxyl groups is 1. The monoisotopic (exact) mass is 382 g/mol. The summed E-state index contributed by atoms with van der Waals surface area (Å²) in [5, 5.41) is 13.8. The number of aromatic amines is 1. The predicted molar refractivity (Wildman–Crippen MR) is 90.5 cm³/mol. The van der Waals surface area contributed by atoms with E-state index in [1.807, 2.05) is 0 Å². The number of aromatic nitrogens is 4. The summed E-state index contributed by atoms with van der Waals surface area (Å²) in [6.45, 7) is 3.23. The van der Waals surface area contributed by atoms with Gasteiger partial charge in [0.1, 0.15) is 11.1 Å². The largest absolute Gasteiger partial charge is 0.465 e. The van der Waals surface area contributed by atoms with Gasteiger partial charge in [-0.1, -0.05) is 12.1 Å².